The molecule has 0 radical (unpaired) electrons. The third-order valence-electron chi connectivity index (χ3n) is 3.59. The predicted molar refractivity (Wildman–Crippen MR) is 71.9 cm³/mol. The van der Waals surface area contributed by atoms with Crippen LogP contribution in [0.3, 0.4) is 0 Å². The maximum absolute atomic E-state index is 14.0. The molecule has 0 aliphatic heterocycles. The number of carboxylic acid groups (broad SMARTS) is 1. The number of ether oxygens (including phenoxy) is 3. The molecular formula is C11H2F20O8S. The van der Waals surface area contributed by atoms with Crippen LogP contribution in [0.4, 0.5) is 87.8 Å². The SMILES string of the molecule is O=C(O)C(F)(OC(F)(F)C(F)(OC(F)(F)C(F)(OC(F)(F)C(F)(F)S(=O)(=O)O)C(F)(F)F)C(F)(F)F)C(F)(F)F. The van der Waals surface area contributed by atoms with Gasteiger partial charge in [-0.1, -0.05) is 0 Å². The fourth-order valence-corrected chi connectivity index (χ4v) is 2.00. The van der Waals surface area contributed by atoms with Crippen LogP contribution < -0.4 is 0 Å². The van der Waals surface area contributed by atoms with Crippen molar-refractivity contribution in [3.8, 4) is 0 Å². The summed E-state index contributed by atoms with van der Waals surface area (Å²) in [4.78, 5) is 10.2. The lowest BCUT2D eigenvalue weighted by atomic mass is 10.2. The molecule has 0 spiro atoms. The molecule has 40 heavy (non-hydrogen) atoms. The van der Waals surface area contributed by atoms with Crippen molar-refractivity contribution in [3.05, 3.63) is 0 Å². The van der Waals surface area contributed by atoms with Gasteiger partial charge in [0.2, 0.25) is 0 Å². The van der Waals surface area contributed by atoms with E-state index in [4.69, 9.17) is 9.66 Å². The third kappa shape index (κ3) is 6.05. The standard InChI is InChI=1S/C11H2F20O8S/c12-2(1(32)33,5(15,16)17)37-8(24,25)3(13,6(18,19)20)38-9(26,27)4(14,7(21,22)23)39-10(28,29)11(30,31)40(34,35)36/h(H,32,33)(H,34,35,36). The fourth-order valence-electron chi connectivity index (χ4n) is 1.66. The van der Waals surface area contributed by atoms with Crippen molar-refractivity contribution >= 4 is 16.1 Å². The van der Waals surface area contributed by atoms with Crippen LogP contribution in [-0.2, 0) is 29.1 Å². The van der Waals surface area contributed by atoms with Crippen molar-refractivity contribution in [2.45, 2.75) is 59.7 Å². The van der Waals surface area contributed by atoms with Crippen LogP contribution in [0.5, 0.6) is 0 Å². The summed E-state index contributed by atoms with van der Waals surface area (Å²) in [6.45, 7) is 0. The van der Waals surface area contributed by atoms with Gasteiger partial charge in [0.1, 0.15) is 0 Å². The smallest absolute Gasteiger partial charge is 0.460 e. The summed E-state index contributed by atoms with van der Waals surface area (Å²) in [6, 6.07) is 0. The molecule has 0 bridgehead atoms. The number of hydrogen-bond acceptors (Lipinski definition) is 6. The Labute approximate surface area is 202 Å². The summed E-state index contributed by atoms with van der Waals surface area (Å²) in [6.07, 6.45) is -49.4. The molecule has 240 valence electrons. The second-order valence-electron chi connectivity index (χ2n) is 6.43. The van der Waals surface area contributed by atoms with E-state index in [1.54, 1.807) is 0 Å². The zero-order valence-electron chi connectivity index (χ0n) is 16.8. The minimum atomic E-state index is -8.68. The summed E-state index contributed by atoms with van der Waals surface area (Å²) >= 11 is 0. The first-order valence-electron chi connectivity index (χ1n) is 7.90. The minimum absolute atomic E-state index is 1.09. The highest BCUT2D eigenvalue weighted by Crippen LogP contribution is 2.58. The zero-order valence-corrected chi connectivity index (χ0v) is 17.6. The topological polar surface area (TPSA) is 119 Å². The predicted octanol–water partition coefficient (Wildman–Crippen LogP) is 5.06. The number of alkyl halides is 20. The van der Waals surface area contributed by atoms with Gasteiger partial charge in [-0.2, -0.15) is 96.2 Å². The molecule has 29 heteroatoms. The largest absolute Gasteiger partial charge is 0.477 e. The Balaban J connectivity index is 7.29. The number of carbonyl (C=O) groups is 1. The molecule has 0 heterocycles. The number of carboxylic acids is 1. The molecule has 0 saturated heterocycles. The molecule has 8 nitrogen and oxygen atoms in total. The highest BCUT2D eigenvalue weighted by molar-refractivity contribution is 7.86. The Kier molecular flexibility index (Phi) is 9.19. The second kappa shape index (κ2) is 9.71. The first kappa shape index (κ1) is 37.9. The van der Waals surface area contributed by atoms with E-state index in [9.17, 15) is 101 Å². The van der Waals surface area contributed by atoms with Gasteiger partial charge < -0.3 is 5.11 Å². The van der Waals surface area contributed by atoms with Crippen molar-refractivity contribution in [1.29, 1.82) is 0 Å². The van der Waals surface area contributed by atoms with Gasteiger partial charge >= 0.3 is 75.8 Å². The average molecular weight is 674 g/mol. The van der Waals surface area contributed by atoms with E-state index in [-0.39, 0.29) is 0 Å². The second-order valence-corrected chi connectivity index (χ2v) is 7.90. The number of aliphatic carboxylic acids is 1. The van der Waals surface area contributed by atoms with E-state index in [1.807, 2.05) is 0 Å². The molecule has 2 N–H and O–H groups in total. The van der Waals surface area contributed by atoms with Gasteiger partial charge in [-0.05, 0) is 0 Å². The molecule has 0 saturated carbocycles. The molecule has 3 unspecified atom stereocenters. The van der Waals surface area contributed by atoms with Gasteiger partial charge in [0.05, 0.1) is 0 Å². The molecule has 0 amide bonds. The van der Waals surface area contributed by atoms with Crippen molar-refractivity contribution in [2.24, 2.45) is 0 Å². The van der Waals surface area contributed by atoms with Crippen LogP contribution in [0.15, 0.2) is 0 Å². The third-order valence-corrected chi connectivity index (χ3v) is 4.47. The highest BCUT2D eigenvalue weighted by Gasteiger charge is 2.87. The van der Waals surface area contributed by atoms with E-state index in [0.717, 1.165) is 9.47 Å². The fraction of sp³-hybridized carbons (Fsp3) is 0.909. The minimum Gasteiger partial charge on any atom is -0.477 e. The lowest BCUT2D eigenvalue weighted by Gasteiger charge is -2.42. The quantitative estimate of drug-likeness (QED) is 0.231. The molecule has 0 aromatic carbocycles. The van der Waals surface area contributed by atoms with Crippen molar-refractivity contribution in [3.63, 3.8) is 0 Å². The molecule has 0 aromatic heterocycles. The van der Waals surface area contributed by atoms with E-state index >= 15 is 0 Å². The summed E-state index contributed by atoms with van der Waals surface area (Å²) in [5, 5.41) is 0.250. The Morgan fingerprint density at radius 3 is 1.00 bits per heavy atom. The van der Waals surface area contributed by atoms with Gasteiger partial charge in [-0.3, -0.25) is 18.8 Å². The molecule has 0 rings (SSSR count). The number of rotatable bonds is 11. The van der Waals surface area contributed by atoms with Crippen LogP contribution in [0, 0.1) is 0 Å². The number of hydrogen-bond donors (Lipinski definition) is 2. The first-order valence-corrected chi connectivity index (χ1v) is 9.34. The van der Waals surface area contributed by atoms with Crippen LogP contribution in [0.2, 0.25) is 0 Å². The van der Waals surface area contributed by atoms with E-state index in [0.29, 0.717) is 0 Å². The summed E-state index contributed by atoms with van der Waals surface area (Å²) in [5.41, 5.74) is 0. The summed E-state index contributed by atoms with van der Waals surface area (Å²) < 4.78 is 294. The van der Waals surface area contributed by atoms with E-state index < -0.39 is 75.8 Å². The van der Waals surface area contributed by atoms with Crippen LogP contribution >= 0.6 is 0 Å². The monoisotopic (exact) mass is 674 g/mol. The van der Waals surface area contributed by atoms with Gasteiger partial charge in [0.15, 0.2) is 0 Å². The lowest BCUT2D eigenvalue weighted by molar-refractivity contribution is -0.571. The van der Waals surface area contributed by atoms with Crippen LogP contribution in [0.1, 0.15) is 0 Å². The summed E-state index contributed by atoms with van der Waals surface area (Å²) in [7, 11) is -7.87. The van der Waals surface area contributed by atoms with Gasteiger partial charge in [-0.25, -0.2) is 4.79 Å². The molecule has 0 fully saturated rings. The maximum atomic E-state index is 14.0. The number of halogens is 20. The Morgan fingerprint density at radius 2 is 0.775 bits per heavy atom. The van der Waals surface area contributed by atoms with Crippen molar-refractivity contribution < 1.29 is 125 Å². The van der Waals surface area contributed by atoms with Crippen molar-refractivity contribution in [2.75, 3.05) is 0 Å². The Bertz CT molecular complexity index is 1060. The van der Waals surface area contributed by atoms with Gasteiger partial charge in [0.25, 0.3) is 0 Å². The summed E-state index contributed by atoms with van der Waals surface area (Å²) in [5.74, 6) is -29.0. The van der Waals surface area contributed by atoms with E-state index in [2.05, 4.69) is 0 Å². The lowest BCUT2D eigenvalue weighted by Crippen LogP contribution is -2.70. The maximum Gasteiger partial charge on any atom is 0.460 e. The normalized spacial score (nSPS) is 19.9. The molecule has 0 aromatic rings. The molecule has 0 aliphatic carbocycles. The van der Waals surface area contributed by atoms with Crippen molar-refractivity contribution in [1.82, 2.24) is 0 Å². The Morgan fingerprint density at radius 1 is 0.500 bits per heavy atom. The average Bonchev–Trinajstić information content (AvgIpc) is 2.62. The zero-order chi connectivity index (χ0) is 33.2. The van der Waals surface area contributed by atoms with Crippen LogP contribution in [-0.4, -0.2) is 83.7 Å². The van der Waals surface area contributed by atoms with Crippen LogP contribution in [0.25, 0.3) is 0 Å². The first-order chi connectivity index (χ1) is 16.8. The molecular weight excluding hydrogens is 672 g/mol. The van der Waals surface area contributed by atoms with Gasteiger partial charge in [-0.15, -0.1) is 0 Å². The Hall–Kier alpha value is -2.14. The van der Waals surface area contributed by atoms with E-state index in [1.165, 1.54) is 4.74 Å². The molecule has 3 atom stereocenters. The highest BCUT2D eigenvalue weighted by atomic mass is 32.2. The van der Waals surface area contributed by atoms with Gasteiger partial charge in [0, 0.05) is 0 Å². The molecule has 0 aliphatic rings.